The molecule has 0 aliphatic carbocycles. The second kappa shape index (κ2) is 6.48. The number of carbonyl (C=O) groups is 1. The van der Waals surface area contributed by atoms with Gasteiger partial charge in [0.05, 0.1) is 12.1 Å². The molecule has 1 N–H and O–H groups in total. The lowest BCUT2D eigenvalue weighted by atomic mass is 10.1. The minimum absolute atomic E-state index is 0.00555. The maximum Gasteiger partial charge on any atom is 0.254 e. The van der Waals surface area contributed by atoms with Crippen molar-refractivity contribution in [3.8, 4) is 5.82 Å². The van der Waals surface area contributed by atoms with Crippen molar-refractivity contribution in [1.29, 1.82) is 0 Å². The van der Waals surface area contributed by atoms with Gasteiger partial charge >= 0.3 is 0 Å². The number of aromatic nitrogens is 5. The third kappa shape index (κ3) is 2.91. The van der Waals surface area contributed by atoms with Crippen LogP contribution in [-0.2, 0) is 4.74 Å². The van der Waals surface area contributed by atoms with E-state index in [1.54, 1.807) is 66.0 Å². The first-order chi connectivity index (χ1) is 12.3. The number of amides is 1. The van der Waals surface area contributed by atoms with Gasteiger partial charge in [-0.25, -0.2) is 15.0 Å². The van der Waals surface area contributed by atoms with Crippen LogP contribution in [0.3, 0.4) is 0 Å². The van der Waals surface area contributed by atoms with Crippen molar-refractivity contribution in [3.63, 3.8) is 0 Å². The Labute approximate surface area is 144 Å². The Morgan fingerprint density at radius 2 is 2.24 bits per heavy atom. The maximum absolute atomic E-state index is 13.1. The molecule has 4 heterocycles. The van der Waals surface area contributed by atoms with Crippen molar-refractivity contribution < 1.29 is 9.53 Å². The summed E-state index contributed by atoms with van der Waals surface area (Å²) in [5, 5.41) is 0. The lowest BCUT2D eigenvalue weighted by molar-refractivity contribution is 0.0684. The fourth-order valence-electron chi connectivity index (χ4n) is 3.16. The van der Waals surface area contributed by atoms with Crippen LogP contribution in [-0.4, -0.2) is 55.1 Å². The highest BCUT2D eigenvalue weighted by atomic mass is 16.5. The third-order valence-electron chi connectivity index (χ3n) is 4.45. The number of rotatable bonds is 4. The number of pyridine rings is 1. The van der Waals surface area contributed by atoms with Gasteiger partial charge in [-0.2, -0.15) is 0 Å². The topological polar surface area (TPSA) is 88.9 Å². The van der Waals surface area contributed by atoms with Crippen LogP contribution in [0.5, 0.6) is 0 Å². The molecule has 4 rings (SSSR count). The maximum atomic E-state index is 13.1. The molecule has 1 unspecified atom stereocenters. The Kier molecular flexibility index (Phi) is 4.02. The van der Waals surface area contributed by atoms with Gasteiger partial charge in [-0.05, 0) is 12.1 Å². The lowest BCUT2D eigenvalue weighted by Gasteiger charge is -2.23. The smallest absolute Gasteiger partial charge is 0.254 e. The van der Waals surface area contributed by atoms with Crippen molar-refractivity contribution in [2.45, 2.75) is 18.6 Å². The van der Waals surface area contributed by atoms with Gasteiger partial charge in [0.25, 0.3) is 5.91 Å². The molecule has 0 aromatic carbocycles. The molecular formula is C17H18N6O2. The van der Waals surface area contributed by atoms with E-state index < -0.39 is 0 Å². The van der Waals surface area contributed by atoms with E-state index in [0.29, 0.717) is 17.9 Å². The summed E-state index contributed by atoms with van der Waals surface area (Å²) in [6.07, 6.45) is 10.9. The number of carbonyl (C=O) groups excluding carboxylic acids is 1. The minimum atomic E-state index is -0.127. The minimum Gasteiger partial charge on any atom is -0.380 e. The molecule has 0 radical (unpaired) electrons. The quantitative estimate of drug-likeness (QED) is 0.780. The van der Waals surface area contributed by atoms with Crippen LogP contribution in [0, 0.1) is 0 Å². The highest BCUT2D eigenvalue weighted by Crippen LogP contribution is 2.32. The first kappa shape index (κ1) is 15.5. The lowest BCUT2D eigenvalue weighted by Crippen LogP contribution is -2.32. The molecule has 8 heteroatoms. The third-order valence-corrected chi connectivity index (χ3v) is 4.45. The largest absolute Gasteiger partial charge is 0.380 e. The van der Waals surface area contributed by atoms with Crippen LogP contribution >= 0.6 is 0 Å². The zero-order valence-electron chi connectivity index (χ0n) is 13.7. The first-order valence-electron chi connectivity index (χ1n) is 8.03. The summed E-state index contributed by atoms with van der Waals surface area (Å²) < 4.78 is 7.24. The summed E-state index contributed by atoms with van der Waals surface area (Å²) in [5.41, 5.74) is 0.576. The van der Waals surface area contributed by atoms with Crippen LogP contribution in [0.25, 0.3) is 5.82 Å². The SMILES string of the molecule is CO[C@@H]1CC(c2ncc[nH]2)N(C(=O)c2ccnc(-n3ccnc3)c2)C1. The van der Waals surface area contributed by atoms with E-state index >= 15 is 0 Å². The van der Waals surface area contributed by atoms with Gasteiger partial charge in [-0.3, -0.25) is 9.36 Å². The summed E-state index contributed by atoms with van der Waals surface area (Å²) in [7, 11) is 1.67. The van der Waals surface area contributed by atoms with Crippen LogP contribution in [0.2, 0.25) is 0 Å². The molecule has 128 valence electrons. The van der Waals surface area contributed by atoms with Crippen molar-refractivity contribution in [3.05, 3.63) is 60.8 Å². The van der Waals surface area contributed by atoms with E-state index in [0.717, 1.165) is 12.2 Å². The zero-order valence-corrected chi connectivity index (χ0v) is 13.7. The van der Waals surface area contributed by atoms with Gasteiger partial charge in [-0.1, -0.05) is 0 Å². The van der Waals surface area contributed by atoms with Gasteiger partial charge in [0, 0.05) is 56.6 Å². The second-order valence-electron chi connectivity index (χ2n) is 5.91. The molecule has 1 amide bonds. The summed E-state index contributed by atoms with van der Waals surface area (Å²) in [5.74, 6) is 1.36. The highest BCUT2D eigenvalue weighted by molar-refractivity contribution is 5.95. The number of nitrogens with one attached hydrogen (secondary N) is 1. The molecular weight excluding hydrogens is 320 g/mol. The molecule has 3 aromatic rings. The van der Waals surface area contributed by atoms with Crippen LogP contribution < -0.4 is 0 Å². The first-order valence-corrected chi connectivity index (χ1v) is 8.03. The Balaban J connectivity index is 1.64. The predicted octanol–water partition coefficient (Wildman–Crippen LogP) is 1.59. The summed E-state index contributed by atoms with van der Waals surface area (Å²) in [6.45, 7) is 0.531. The molecule has 1 saturated heterocycles. The van der Waals surface area contributed by atoms with E-state index in [9.17, 15) is 4.79 Å². The standard InChI is InChI=1S/C17H18N6O2/c1-25-13-9-14(16-20-4-5-21-16)23(10-13)17(24)12-2-3-19-15(8-12)22-7-6-18-11-22/h2-8,11,13-14H,9-10H2,1H3,(H,20,21)/t13-,14?/m1/s1. The summed E-state index contributed by atoms with van der Waals surface area (Å²) in [4.78, 5) is 30.7. The predicted molar refractivity (Wildman–Crippen MR) is 89.1 cm³/mol. The molecule has 3 aromatic heterocycles. The van der Waals surface area contributed by atoms with Gasteiger partial charge < -0.3 is 14.6 Å². The molecule has 0 spiro atoms. The number of nitrogens with zero attached hydrogens (tertiary/aromatic N) is 5. The van der Waals surface area contributed by atoms with E-state index in [4.69, 9.17) is 4.74 Å². The molecule has 1 aliphatic heterocycles. The van der Waals surface area contributed by atoms with Gasteiger partial charge in [0.2, 0.25) is 0 Å². The van der Waals surface area contributed by atoms with Gasteiger partial charge in [-0.15, -0.1) is 0 Å². The van der Waals surface area contributed by atoms with E-state index in [1.807, 2.05) is 0 Å². The molecule has 1 aliphatic rings. The van der Waals surface area contributed by atoms with E-state index in [2.05, 4.69) is 19.9 Å². The Hall–Kier alpha value is -3.00. The fraction of sp³-hybridized carbons (Fsp3) is 0.294. The number of H-pyrrole nitrogens is 1. The summed E-state index contributed by atoms with van der Waals surface area (Å²) >= 11 is 0. The summed E-state index contributed by atoms with van der Waals surface area (Å²) in [6, 6.07) is 3.36. The molecule has 2 atom stereocenters. The zero-order chi connectivity index (χ0) is 17.2. The van der Waals surface area contributed by atoms with Crippen molar-refractivity contribution in [2.24, 2.45) is 0 Å². The van der Waals surface area contributed by atoms with Gasteiger partial charge in [0.15, 0.2) is 0 Å². The van der Waals surface area contributed by atoms with Crippen molar-refractivity contribution >= 4 is 5.91 Å². The van der Waals surface area contributed by atoms with Crippen LogP contribution in [0.15, 0.2) is 49.4 Å². The Morgan fingerprint density at radius 3 is 2.96 bits per heavy atom. The monoisotopic (exact) mass is 338 g/mol. The fourth-order valence-corrected chi connectivity index (χ4v) is 3.16. The van der Waals surface area contributed by atoms with Gasteiger partial charge in [0.1, 0.15) is 18.0 Å². The average molecular weight is 338 g/mol. The molecule has 0 saturated carbocycles. The normalized spacial score (nSPS) is 20.1. The molecule has 1 fully saturated rings. The highest BCUT2D eigenvalue weighted by Gasteiger charge is 2.38. The molecule has 8 nitrogen and oxygen atoms in total. The number of methoxy groups -OCH3 is 1. The number of ether oxygens (including phenoxy) is 1. The number of aromatic amines is 1. The number of imidazole rings is 2. The van der Waals surface area contributed by atoms with E-state index in [1.165, 1.54) is 0 Å². The number of likely N-dealkylation sites (tertiary alicyclic amines) is 1. The van der Waals surface area contributed by atoms with Crippen LogP contribution in [0.1, 0.15) is 28.6 Å². The van der Waals surface area contributed by atoms with Crippen LogP contribution in [0.4, 0.5) is 0 Å². The number of hydrogen-bond donors (Lipinski definition) is 1. The second-order valence-corrected chi connectivity index (χ2v) is 5.91. The average Bonchev–Trinajstić information content (AvgIpc) is 3.42. The molecule has 25 heavy (non-hydrogen) atoms. The van der Waals surface area contributed by atoms with Crippen molar-refractivity contribution in [1.82, 2.24) is 29.4 Å². The molecule has 0 bridgehead atoms. The Morgan fingerprint density at radius 1 is 1.32 bits per heavy atom. The number of hydrogen-bond acceptors (Lipinski definition) is 5. The van der Waals surface area contributed by atoms with E-state index in [-0.39, 0.29) is 18.1 Å². The Bertz CT molecular complexity index is 846. The van der Waals surface area contributed by atoms with Crippen molar-refractivity contribution in [2.75, 3.05) is 13.7 Å².